The maximum atomic E-state index is 5.17. The van der Waals surface area contributed by atoms with Gasteiger partial charge in [-0.3, -0.25) is 4.90 Å². The van der Waals surface area contributed by atoms with Crippen molar-refractivity contribution in [1.82, 2.24) is 9.97 Å². The zero-order valence-corrected chi connectivity index (χ0v) is 19.2. The molecule has 0 atom stereocenters. The average Bonchev–Trinajstić information content (AvgIpc) is 2.84. The van der Waals surface area contributed by atoms with Gasteiger partial charge in [0.05, 0.1) is 11.2 Å². The van der Waals surface area contributed by atoms with E-state index in [1.165, 1.54) is 21.7 Å². The zero-order valence-electron chi connectivity index (χ0n) is 18.2. The van der Waals surface area contributed by atoms with E-state index in [1.54, 1.807) is 0 Å². The number of nitrogens with zero attached hydrogens (tertiary/aromatic N) is 3. The molecule has 0 bridgehead atoms. The summed E-state index contributed by atoms with van der Waals surface area (Å²) in [6, 6.07) is 36.2. The maximum Gasteiger partial charge on any atom is 0.235 e. The number of hydrogen-bond acceptors (Lipinski definition) is 3. The standard InChI is InChI=1S/C28H23N3Si/c1-32(2)25-18-10-8-16-23(25)31(24-17-9-11-19-26(24)32)28-29-22-15-7-6-14-21(22)27(30-28)20-12-4-3-5-13-20/h3-19H,1-2H3. The Morgan fingerprint density at radius 2 is 1.16 bits per heavy atom. The van der Waals surface area contributed by atoms with Crippen LogP contribution < -0.4 is 15.3 Å². The number of para-hydroxylation sites is 3. The van der Waals surface area contributed by atoms with Crippen molar-refractivity contribution >= 4 is 46.7 Å². The van der Waals surface area contributed by atoms with Gasteiger partial charge in [0.25, 0.3) is 0 Å². The van der Waals surface area contributed by atoms with E-state index >= 15 is 0 Å². The van der Waals surface area contributed by atoms with Crippen molar-refractivity contribution in [1.29, 1.82) is 0 Å². The first-order valence-corrected chi connectivity index (χ1v) is 14.0. The predicted octanol–water partition coefficient (Wildman–Crippen LogP) is 5.90. The van der Waals surface area contributed by atoms with Crippen LogP contribution >= 0.6 is 0 Å². The number of rotatable bonds is 2. The normalized spacial score (nSPS) is 14.1. The molecule has 0 saturated heterocycles. The van der Waals surface area contributed by atoms with Gasteiger partial charge in [-0.2, -0.15) is 0 Å². The molecule has 4 heteroatoms. The van der Waals surface area contributed by atoms with Gasteiger partial charge in [-0.05, 0) is 28.6 Å². The summed E-state index contributed by atoms with van der Waals surface area (Å²) in [4.78, 5) is 12.5. The molecule has 1 aromatic heterocycles. The van der Waals surface area contributed by atoms with E-state index in [4.69, 9.17) is 9.97 Å². The van der Waals surface area contributed by atoms with Gasteiger partial charge in [0.2, 0.25) is 5.95 Å². The Morgan fingerprint density at radius 3 is 1.84 bits per heavy atom. The van der Waals surface area contributed by atoms with Crippen molar-refractivity contribution in [3.05, 3.63) is 103 Å². The smallest absolute Gasteiger partial charge is 0.235 e. The fourth-order valence-electron chi connectivity index (χ4n) is 4.87. The molecule has 0 amide bonds. The van der Waals surface area contributed by atoms with Crippen LogP contribution in [0, 0.1) is 0 Å². The van der Waals surface area contributed by atoms with Crippen LogP contribution in [0.3, 0.4) is 0 Å². The molecule has 32 heavy (non-hydrogen) atoms. The Kier molecular flexibility index (Phi) is 4.23. The minimum absolute atomic E-state index is 0.715. The van der Waals surface area contributed by atoms with Crippen LogP contribution in [0.4, 0.5) is 17.3 Å². The summed E-state index contributed by atoms with van der Waals surface area (Å²) in [5.41, 5.74) is 5.39. The zero-order chi connectivity index (χ0) is 21.7. The summed E-state index contributed by atoms with van der Waals surface area (Å²) in [5.74, 6) is 0.715. The molecule has 3 nitrogen and oxygen atoms in total. The summed E-state index contributed by atoms with van der Waals surface area (Å²) >= 11 is 0. The molecule has 154 valence electrons. The molecule has 0 radical (unpaired) electrons. The highest BCUT2D eigenvalue weighted by molar-refractivity contribution is 7.02. The number of aromatic nitrogens is 2. The monoisotopic (exact) mass is 429 g/mol. The molecule has 2 heterocycles. The van der Waals surface area contributed by atoms with E-state index < -0.39 is 8.07 Å². The van der Waals surface area contributed by atoms with E-state index in [1.807, 2.05) is 12.1 Å². The van der Waals surface area contributed by atoms with E-state index in [0.29, 0.717) is 5.95 Å². The first kappa shape index (κ1) is 19.0. The molecule has 1 aliphatic heterocycles. The second kappa shape index (κ2) is 7.14. The second-order valence-corrected chi connectivity index (χ2v) is 13.1. The Morgan fingerprint density at radius 1 is 0.594 bits per heavy atom. The molecule has 5 aromatic rings. The van der Waals surface area contributed by atoms with Crippen LogP contribution in [-0.2, 0) is 0 Å². The van der Waals surface area contributed by atoms with Gasteiger partial charge < -0.3 is 0 Å². The highest BCUT2D eigenvalue weighted by atomic mass is 28.3. The lowest BCUT2D eigenvalue weighted by molar-refractivity contribution is 1.11. The molecule has 0 N–H and O–H groups in total. The molecule has 6 rings (SSSR count). The third-order valence-corrected chi connectivity index (χ3v) is 10.0. The minimum Gasteiger partial charge on any atom is -0.279 e. The number of benzene rings is 4. The minimum atomic E-state index is -1.83. The number of hydrogen-bond donors (Lipinski definition) is 0. The first-order chi connectivity index (χ1) is 15.6. The SMILES string of the molecule is C[Si]1(C)c2ccccc2N(c2nc(-c3ccccc3)c3ccccc3n2)c2ccccc21. The first-order valence-electron chi connectivity index (χ1n) is 11.0. The molecular weight excluding hydrogens is 406 g/mol. The van der Waals surface area contributed by atoms with E-state index in [2.05, 4.69) is 109 Å². The average molecular weight is 430 g/mol. The van der Waals surface area contributed by atoms with Crippen molar-refractivity contribution < 1.29 is 0 Å². The van der Waals surface area contributed by atoms with Gasteiger partial charge in [0.15, 0.2) is 0 Å². The lowest BCUT2D eigenvalue weighted by Crippen LogP contribution is -2.58. The topological polar surface area (TPSA) is 29.0 Å². The molecule has 0 aliphatic carbocycles. The van der Waals surface area contributed by atoms with E-state index in [9.17, 15) is 0 Å². The van der Waals surface area contributed by atoms with Crippen molar-refractivity contribution in [3.8, 4) is 11.3 Å². The second-order valence-electron chi connectivity index (χ2n) is 8.75. The summed E-state index contributed by atoms with van der Waals surface area (Å²) in [5, 5.41) is 3.89. The highest BCUT2D eigenvalue weighted by Crippen LogP contribution is 2.38. The molecule has 1 aliphatic rings. The molecule has 0 unspecified atom stereocenters. The molecular formula is C28H23N3Si. The Bertz CT molecular complexity index is 1410. The van der Waals surface area contributed by atoms with Crippen LogP contribution in [-0.4, -0.2) is 18.0 Å². The largest absolute Gasteiger partial charge is 0.279 e. The fourth-order valence-corrected chi connectivity index (χ4v) is 7.85. The number of anilines is 3. The molecule has 4 aromatic carbocycles. The van der Waals surface area contributed by atoms with Gasteiger partial charge >= 0.3 is 0 Å². The lowest BCUT2D eigenvalue weighted by Gasteiger charge is -2.39. The van der Waals surface area contributed by atoms with Gasteiger partial charge in [-0.15, -0.1) is 0 Å². The van der Waals surface area contributed by atoms with Crippen LogP contribution in [0.1, 0.15) is 0 Å². The fraction of sp³-hybridized carbons (Fsp3) is 0.0714. The summed E-state index contributed by atoms with van der Waals surface area (Å²) in [6.07, 6.45) is 0. The Balaban J connectivity index is 1.67. The maximum absolute atomic E-state index is 5.17. The van der Waals surface area contributed by atoms with Gasteiger partial charge in [-0.1, -0.05) is 98.0 Å². The van der Waals surface area contributed by atoms with Gasteiger partial charge in [0.1, 0.15) is 8.07 Å². The van der Waals surface area contributed by atoms with E-state index in [0.717, 1.165) is 22.2 Å². The van der Waals surface area contributed by atoms with Gasteiger partial charge in [-0.25, -0.2) is 9.97 Å². The van der Waals surface area contributed by atoms with Crippen LogP contribution in [0.25, 0.3) is 22.2 Å². The molecule has 0 fully saturated rings. The third kappa shape index (κ3) is 2.80. The van der Waals surface area contributed by atoms with Crippen LogP contribution in [0.5, 0.6) is 0 Å². The molecule has 0 saturated carbocycles. The highest BCUT2D eigenvalue weighted by Gasteiger charge is 2.39. The number of fused-ring (bicyclic) bond motifs is 3. The lowest BCUT2D eigenvalue weighted by atomic mass is 10.1. The van der Waals surface area contributed by atoms with Gasteiger partial charge in [0, 0.05) is 22.3 Å². The van der Waals surface area contributed by atoms with Crippen molar-refractivity contribution in [2.24, 2.45) is 0 Å². The predicted molar refractivity (Wildman–Crippen MR) is 136 cm³/mol. The van der Waals surface area contributed by atoms with E-state index in [-0.39, 0.29) is 0 Å². The van der Waals surface area contributed by atoms with Crippen molar-refractivity contribution in [3.63, 3.8) is 0 Å². The summed E-state index contributed by atoms with van der Waals surface area (Å²) < 4.78 is 0. The van der Waals surface area contributed by atoms with Crippen molar-refractivity contribution in [2.45, 2.75) is 13.1 Å². The molecule has 0 spiro atoms. The van der Waals surface area contributed by atoms with Crippen LogP contribution in [0.15, 0.2) is 103 Å². The Labute approximate surface area is 189 Å². The van der Waals surface area contributed by atoms with Crippen molar-refractivity contribution in [2.75, 3.05) is 4.90 Å². The van der Waals surface area contributed by atoms with Crippen LogP contribution in [0.2, 0.25) is 13.1 Å². The third-order valence-electron chi connectivity index (χ3n) is 6.48. The Hall–Kier alpha value is -3.76. The quantitative estimate of drug-likeness (QED) is 0.327. The summed E-state index contributed by atoms with van der Waals surface area (Å²) in [6.45, 7) is 4.86. The summed E-state index contributed by atoms with van der Waals surface area (Å²) in [7, 11) is -1.83.